The van der Waals surface area contributed by atoms with Gasteiger partial charge < -0.3 is 10.2 Å². The molecule has 0 aliphatic rings. The number of phenolic OH excluding ortho intramolecular Hbond substituents is 2. The van der Waals surface area contributed by atoms with Crippen molar-refractivity contribution in [1.29, 1.82) is 0 Å². The molecule has 0 bridgehead atoms. The number of benzene rings is 2. The van der Waals surface area contributed by atoms with E-state index in [1.807, 2.05) is 19.1 Å². The normalized spacial score (nSPS) is 12.3. The fourth-order valence-corrected chi connectivity index (χ4v) is 4.38. The summed E-state index contributed by atoms with van der Waals surface area (Å²) in [6.07, 6.45) is 8.41. The fourth-order valence-electron chi connectivity index (χ4n) is 4.38. The molecule has 2 rings (SSSR count). The first kappa shape index (κ1) is 22.3. The maximum absolute atomic E-state index is 11.0. The lowest BCUT2D eigenvalue weighted by molar-refractivity contribution is 0.447. The summed E-state index contributed by atoms with van der Waals surface area (Å²) in [5.41, 5.74) is 6.66. The standard InChI is InChI=1S/C26H38O2/c1-6-9-12-20-16-19(5)25(24(28)17-20)22(11-8-3)26-21(13-10-7-2)14-18(4)15-23(26)27/h14-17,22,27-28H,6-13H2,1-5H3. The largest absolute Gasteiger partial charge is 0.508 e. The molecule has 1 atom stereocenters. The molecule has 28 heavy (non-hydrogen) atoms. The number of hydrogen-bond donors (Lipinski definition) is 2. The van der Waals surface area contributed by atoms with Gasteiger partial charge in [0.15, 0.2) is 0 Å². The molecule has 0 heterocycles. The molecule has 0 aliphatic heterocycles. The van der Waals surface area contributed by atoms with Crippen LogP contribution in [0.25, 0.3) is 0 Å². The highest BCUT2D eigenvalue weighted by Gasteiger charge is 2.25. The maximum atomic E-state index is 11.0. The molecule has 0 radical (unpaired) electrons. The highest BCUT2D eigenvalue weighted by molar-refractivity contribution is 5.54. The number of unbranched alkanes of at least 4 members (excludes halogenated alkanes) is 2. The highest BCUT2D eigenvalue weighted by atomic mass is 16.3. The molecule has 2 heteroatoms. The molecule has 0 saturated heterocycles. The van der Waals surface area contributed by atoms with E-state index in [1.54, 1.807) is 0 Å². The van der Waals surface area contributed by atoms with Crippen LogP contribution in [0.1, 0.15) is 98.6 Å². The van der Waals surface area contributed by atoms with Crippen molar-refractivity contribution >= 4 is 0 Å². The Kier molecular flexibility index (Phi) is 8.41. The maximum Gasteiger partial charge on any atom is 0.119 e. The predicted molar refractivity (Wildman–Crippen MR) is 120 cm³/mol. The van der Waals surface area contributed by atoms with Gasteiger partial charge in [-0.25, -0.2) is 0 Å². The Morgan fingerprint density at radius 3 is 2.00 bits per heavy atom. The third kappa shape index (κ3) is 5.31. The van der Waals surface area contributed by atoms with Crippen molar-refractivity contribution in [2.45, 2.75) is 91.9 Å². The molecule has 2 aromatic rings. The van der Waals surface area contributed by atoms with E-state index in [2.05, 4.69) is 39.8 Å². The number of hydrogen-bond acceptors (Lipinski definition) is 2. The van der Waals surface area contributed by atoms with Crippen LogP contribution >= 0.6 is 0 Å². The SMILES string of the molecule is CCCCc1cc(C)c(C(CCC)c2c(O)cc(C)cc2CCCC)c(O)c1. The molecule has 0 saturated carbocycles. The highest BCUT2D eigenvalue weighted by Crippen LogP contribution is 2.43. The third-order valence-corrected chi connectivity index (χ3v) is 5.71. The van der Waals surface area contributed by atoms with Crippen molar-refractivity contribution in [3.8, 4) is 11.5 Å². The van der Waals surface area contributed by atoms with Crippen LogP contribution in [0.4, 0.5) is 0 Å². The van der Waals surface area contributed by atoms with Crippen LogP contribution in [0.3, 0.4) is 0 Å². The molecule has 1 unspecified atom stereocenters. The van der Waals surface area contributed by atoms with E-state index in [0.29, 0.717) is 11.5 Å². The second-order valence-electron chi connectivity index (χ2n) is 8.25. The van der Waals surface area contributed by atoms with E-state index >= 15 is 0 Å². The lowest BCUT2D eigenvalue weighted by Crippen LogP contribution is -2.09. The summed E-state index contributed by atoms with van der Waals surface area (Å²) in [6.45, 7) is 10.7. The van der Waals surface area contributed by atoms with E-state index in [-0.39, 0.29) is 5.92 Å². The molecule has 2 aromatic carbocycles. The van der Waals surface area contributed by atoms with Gasteiger partial charge in [-0.2, -0.15) is 0 Å². The Hall–Kier alpha value is -1.96. The second kappa shape index (κ2) is 10.5. The number of aryl methyl sites for hydroxylation is 4. The van der Waals surface area contributed by atoms with Crippen molar-refractivity contribution in [2.24, 2.45) is 0 Å². The topological polar surface area (TPSA) is 40.5 Å². The first-order chi connectivity index (χ1) is 13.4. The predicted octanol–water partition coefficient (Wildman–Crippen LogP) is 7.33. The van der Waals surface area contributed by atoms with Gasteiger partial charge in [0.25, 0.3) is 0 Å². The lowest BCUT2D eigenvalue weighted by atomic mass is 9.80. The van der Waals surface area contributed by atoms with Gasteiger partial charge in [-0.15, -0.1) is 0 Å². The summed E-state index contributed by atoms with van der Waals surface area (Å²) in [5, 5.41) is 21.9. The molecule has 2 N–H and O–H groups in total. The summed E-state index contributed by atoms with van der Waals surface area (Å²) in [7, 11) is 0. The van der Waals surface area contributed by atoms with Gasteiger partial charge in [0.05, 0.1) is 0 Å². The molecule has 0 amide bonds. The fraction of sp³-hybridized carbons (Fsp3) is 0.538. The van der Waals surface area contributed by atoms with Gasteiger partial charge in [0.1, 0.15) is 11.5 Å². The Bertz CT molecular complexity index is 753. The van der Waals surface area contributed by atoms with Crippen LogP contribution in [-0.2, 0) is 12.8 Å². The summed E-state index contributed by atoms with van der Waals surface area (Å²) in [4.78, 5) is 0. The number of rotatable bonds is 10. The van der Waals surface area contributed by atoms with Gasteiger partial charge in [0, 0.05) is 17.0 Å². The van der Waals surface area contributed by atoms with Crippen LogP contribution < -0.4 is 0 Å². The number of phenols is 2. The molecule has 2 nitrogen and oxygen atoms in total. The quantitative estimate of drug-likeness (QED) is 0.451. The molecule has 154 valence electrons. The third-order valence-electron chi connectivity index (χ3n) is 5.71. The van der Waals surface area contributed by atoms with Crippen molar-refractivity contribution in [1.82, 2.24) is 0 Å². The van der Waals surface area contributed by atoms with Crippen molar-refractivity contribution in [2.75, 3.05) is 0 Å². The van der Waals surface area contributed by atoms with Crippen LogP contribution in [0, 0.1) is 13.8 Å². The Labute approximate surface area is 171 Å². The second-order valence-corrected chi connectivity index (χ2v) is 8.25. The van der Waals surface area contributed by atoms with Crippen molar-refractivity contribution in [3.05, 3.63) is 57.6 Å². The van der Waals surface area contributed by atoms with E-state index < -0.39 is 0 Å². The molecule has 0 aromatic heterocycles. The van der Waals surface area contributed by atoms with Gasteiger partial charge in [-0.05, 0) is 80.3 Å². The van der Waals surface area contributed by atoms with Gasteiger partial charge in [-0.3, -0.25) is 0 Å². The first-order valence-corrected chi connectivity index (χ1v) is 11.1. The summed E-state index contributed by atoms with van der Waals surface area (Å²) in [5.74, 6) is 0.780. The van der Waals surface area contributed by atoms with E-state index in [4.69, 9.17) is 0 Å². The monoisotopic (exact) mass is 382 g/mol. The molecule has 0 spiro atoms. The lowest BCUT2D eigenvalue weighted by Gasteiger charge is -2.25. The van der Waals surface area contributed by atoms with Gasteiger partial charge >= 0.3 is 0 Å². The molecule has 0 fully saturated rings. The van der Waals surface area contributed by atoms with E-state index in [1.165, 1.54) is 11.1 Å². The summed E-state index contributed by atoms with van der Waals surface area (Å²) in [6, 6.07) is 8.26. The average Bonchev–Trinajstić information content (AvgIpc) is 2.63. The Morgan fingerprint density at radius 2 is 1.39 bits per heavy atom. The van der Waals surface area contributed by atoms with Crippen LogP contribution in [-0.4, -0.2) is 10.2 Å². The molecular weight excluding hydrogens is 344 g/mol. The minimum absolute atomic E-state index is 0.0256. The van der Waals surface area contributed by atoms with E-state index in [0.717, 1.165) is 73.6 Å². The first-order valence-electron chi connectivity index (χ1n) is 11.1. The van der Waals surface area contributed by atoms with Gasteiger partial charge in [0.2, 0.25) is 0 Å². The van der Waals surface area contributed by atoms with Crippen LogP contribution in [0.5, 0.6) is 11.5 Å². The average molecular weight is 383 g/mol. The van der Waals surface area contributed by atoms with E-state index in [9.17, 15) is 10.2 Å². The van der Waals surface area contributed by atoms with Gasteiger partial charge in [-0.1, -0.05) is 52.2 Å². The number of aromatic hydroxyl groups is 2. The molecular formula is C26H38O2. The minimum atomic E-state index is 0.0256. The summed E-state index contributed by atoms with van der Waals surface area (Å²) >= 11 is 0. The smallest absolute Gasteiger partial charge is 0.119 e. The Morgan fingerprint density at radius 1 is 0.750 bits per heavy atom. The zero-order valence-electron chi connectivity index (χ0n) is 18.4. The molecule has 0 aliphatic carbocycles. The zero-order chi connectivity index (χ0) is 20.7. The zero-order valence-corrected chi connectivity index (χ0v) is 18.4. The van der Waals surface area contributed by atoms with Crippen LogP contribution in [0.2, 0.25) is 0 Å². The van der Waals surface area contributed by atoms with Crippen molar-refractivity contribution in [3.63, 3.8) is 0 Å². The minimum Gasteiger partial charge on any atom is -0.508 e. The van der Waals surface area contributed by atoms with Crippen molar-refractivity contribution < 1.29 is 10.2 Å². The summed E-state index contributed by atoms with van der Waals surface area (Å²) < 4.78 is 0. The van der Waals surface area contributed by atoms with Crippen LogP contribution in [0.15, 0.2) is 24.3 Å². The Balaban J connectivity index is 2.58.